The Morgan fingerprint density at radius 3 is 1.57 bits per heavy atom. The summed E-state index contributed by atoms with van der Waals surface area (Å²) in [6.45, 7) is 6.98. The minimum Gasteiger partial charge on any atom is -0.309 e. The molecule has 1 heterocycles. The van der Waals surface area contributed by atoms with E-state index >= 15 is 0 Å². The minimum absolute atomic E-state index is 0.227. The molecule has 0 radical (unpaired) electrons. The maximum atomic E-state index is 2.51. The average molecular weight is 717 g/mol. The molecule has 1 aliphatic carbocycles. The largest absolute Gasteiger partial charge is 0.309 e. The monoisotopic (exact) mass is 716 g/mol. The first-order valence-corrected chi connectivity index (χ1v) is 19.6. The molecule has 0 bridgehead atoms. The van der Waals surface area contributed by atoms with Crippen molar-refractivity contribution in [3.63, 3.8) is 0 Å². The van der Waals surface area contributed by atoms with E-state index in [9.17, 15) is 0 Å². The molecule has 1 aliphatic rings. The first-order valence-electron chi connectivity index (χ1n) is 19.6. The molecule has 2 nitrogen and oxygen atoms in total. The van der Waals surface area contributed by atoms with Gasteiger partial charge in [-0.05, 0) is 105 Å². The summed E-state index contributed by atoms with van der Waals surface area (Å²) in [6.07, 6.45) is 0. The lowest BCUT2D eigenvalue weighted by molar-refractivity contribution is 0.660. The fourth-order valence-corrected chi connectivity index (χ4v) is 9.63. The predicted molar refractivity (Wildman–Crippen MR) is 238 cm³/mol. The maximum absolute atomic E-state index is 2.51. The Hall–Kier alpha value is -6.90. The Morgan fingerprint density at radius 2 is 0.946 bits per heavy atom. The van der Waals surface area contributed by atoms with Gasteiger partial charge in [-0.1, -0.05) is 153 Å². The molecule has 0 fully saturated rings. The molecule has 1 aromatic heterocycles. The van der Waals surface area contributed by atoms with Gasteiger partial charge in [0.25, 0.3) is 0 Å². The van der Waals surface area contributed by atoms with Crippen LogP contribution in [-0.2, 0) is 5.41 Å². The highest BCUT2D eigenvalue weighted by Crippen LogP contribution is 2.53. The zero-order valence-corrected chi connectivity index (χ0v) is 31.8. The molecule has 56 heavy (non-hydrogen) atoms. The Bertz CT molecular complexity index is 3070. The molecular weight excluding hydrogens is 677 g/mol. The first-order chi connectivity index (χ1) is 27.5. The van der Waals surface area contributed by atoms with Gasteiger partial charge in [0.05, 0.1) is 16.7 Å². The van der Waals surface area contributed by atoms with Gasteiger partial charge in [-0.3, -0.25) is 0 Å². The van der Waals surface area contributed by atoms with Crippen molar-refractivity contribution in [2.45, 2.75) is 26.2 Å². The van der Waals surface area contributed by atoms with Crippen LogP contribution in [0, 0.1) is 6.92 Å². The topological polar surface area (TPSA) is 8.17 Å². The van der Waals surface area contributed by atoms with Gasteiger partial charge in [0.1, 0.15) is 0 Å². The SMILES string of the molecule is Cc1cccc(N(c2ccc3c(c2)C(C)(C)c2cc(-n4c5ccccc5c5ccccc54)ccc2-3)c2c3ccccc3c(-c3ccccc3)c3ccccc23)c1. The number of hydrogen-bond acceptors (Lipinski definition) is 1. The van der Waals surface area contributed by atoms with E-state index in [-0.39, 0.29) is 5.41 Å². The number of aromatic nitrogens is 1. The molecule has 0 atom stereocenters. The van der Waals surface area contributed by atoms with Crippen LogP contribution >= 0.6 is 0 Å². The number of hydrogen-bond donors (Lipinski definition) is 0. The number of aryl methyl sites for hydroxylation is 1. The molecule has 0 unspecified atom stereocenters. The van der Waals surface area contributed by atoms with E-state index < -0.39 is 0 Å². The van der Waals surface area contributed by atoms with Gasteiger partial charge in [-0.15, -0.1) is 0 Å². The van der Waals surface area contributed by atoms with Crippen molar-refractivity contribution in [3.8, 4) is 27.9 Å². The van der Waals surface area contributed by atoms with Gasteiger partial charge in [-0.2, -0.15) is 0 Å². The van der Waals surface area contributed by atoms with Gasteiger partial charge in [0, 0.05) is 44.0 Å². The average Bonchev–Trinajstić information content (AvgIpc) is 3.69. The smallest absolute Gasteiger partial charge is 0.0618 e. The van der Waals surface area contributed by atoms with Crippen LogP contribution < -0.4 is 4.90 Å². The third-order valence-corrected chi connectivity index (χ3v) is 12.2. The fraction of sp³-hybridized carbons (Fsp3) is 0.0741. The van der Waals surface area contributed by atoms with Crippen LogP contribution in [0.1, 0.15) is 30.5 Å². The molecule has 2 heteroatoms. The number of nitrogens with zero attached hydrogens (tertiary/aromatic N) is 2. The van der Waals surface area contributed by atoms with Crippen LogP contribution in [0.25, 0.3) is 71.3 Å². The molecule has 0 N–H and O–H groups in total. The molecular formula is C54H40N2. The van der Waals surface area contributed by atoms with Crippen molar-refractivity contribution in [2.75, 3.05) is 4.90 Å². The van der Waals surface area contributed by atoms with Crippen molar-refractivity contribution < 1.29 is 0 Å². The highest BCUT2D eigenvalue weighted by molar-refractivity contribution is 6.22. The van der Waals surface area contributed by atoms with Gasteiger partial charge >= 0.3 is 0 Å². The van der Waals surface area contributed by atoms with Crippen LogP contribution in [-0.4, -0.2) is 4.57 Å². The second kappa shape index (κ2) is 12.3. The molecule has 0 amide bonds. The summed E-state index contributed by atoms with van der Waals surface area (Å²) >= 11 is 0. The van der Waals surface area contributed by atoms with Crippen molar-refractivity contribution in [1.82, 2.24) is 4.57 Å². The number of anilines is 3. The summed E-state index contributed by atoms with van der Waals surface area (Å²) in [5, 5.41) is 7.51. The summed E-state index contributed by atoms with van der Waals surface area (Å²) < 4.78 is 2.43. The van der Waals surface area contributed by atoms with Gasteiger partial charge in [0.15, 0.2) is 0 Å². The van der Waals surface area contributed by atoms with E-state index in [0.29, 0.717) is 0 Å². The molecule has 0 saturated carbocycles. The van der Waals surface area contributed by atoms with Crippen molar-refractivity contribution >= 4 is 60.4 Å². The predicted octanol–water partition coefficient (Wildman–Crippen LogP) is 14.8. The van der Waals surface area contributed by atoms with Crippen LogP contribution in [0.15, 0.2) is 188 Å². The van der Waals surface area contributed by atoms with E-state index in [4.69, 9.17) is 0 Å². The lowest BCUT2D eigenvalue weighted by Gasteiger charge is -2.31. The highest BCUT2D eigenvalue weighted by atomic mass is 15.1. The van der Waals surface area contributed by atoms with E-state index in [1.165, 1.54) is 93.7 Å². The third-order valence-electron chi connectivity index (χ3n) is 12.2. The van der Waals surface area contributed by atoms with Gasteiger partial charge in [0.2, 0.25) is 0 Å². The number of benzene rings is 9. The van der Waals surface area contributed by atoms with Crippen molar-refractivity contribution in [2.24, 2.45) is 0 Å². The Kier molecular flexibility index (Phi) is 7.15. The van der Waals surface area contributed by atoms with Gasteiger partial charge < -0.3 is 9.47 Å². The van der Waals surface area contributed by atoms with Gasteiger partial charge in [-0.25, -0.2) is 0 Å². The Labute approximate surface area is 327 Å². The van der Waals surface area contributed by atoms with E-state index in [1.54, 1.807) is 0 Å². The zero-order valence-electron chi connectivity index (χ0n) is 31.8. The lowest BCUT2D eigenvalue weighted by atomic mass is 9.82. The Balaban J connectivity index is 1.13. The number of rotatable bonds is 5. The molecule has 0 spiro atoms. The summed E-state index contributed by atoms with van der Waals surface area (Å²) in [5.41, 5.74) is 16.0. The van der Waals surface area contributed by atoms with Crippen molar-refractivity contribution in [3.05, 3.63) is 205 Å². The summed E-state index contributed by atoms with van der Waals surface area (Å²) in [5.74, 6) is 0. The Morgan fingerprint density at radius 1 is 0.429 bits per heavy atom. The molecule has 11 rings (SSSR count). The van der Waals surface area contributed by atoms with Crippen LogP contribution in [0.4, 0.5) is 17.1 Å². The fourth-order valence-electron chi connectivity index (χ4n) is 9.63. The maximum Gasteiger partial charge on any atom is 0.0618 e. The first kappa shape index (κ1) is 32.5. The standard InChI is InChI=1S/C54H40N2/c1-35-16-15-19-37(32-35)55(53-46-24-9-7-22-44(46)52(36-17-5-4-6-18-36)45-23-8-10-25-47(45)53)38-28-30-40-41-31-29-39(34-49(41)54(2,3)48(40)33-38)56-50-26-13-11-20-42(50)43-21-12-14-27-51(43)56/h4-34H,1-3H3. The second-order valence-electron chi connectivity index (χ2n) is 15.8. The molecule has 10 aromatic rings. The molecule has 0 aliphatic heterocycles. The van der Waals surface area contributed by atoms with Crippen LogP contribution in [0.5, 0.6) is 0 Å². The van der Waals surface area contributed by atoms with Crippen molar-refractivity contribution in [1.29, 1.82) is 0 Å². The van der Waals surface area contributed by atoms with E-state index in [1.807, 2.05) is 0 Å². The quantitative estimate of drug-likeness (QED) is 0.161. The second-order valence-corrected chi connectivity index (χ2v) is 15.8. The summed E-state index contributed by atoms with van der Waals surface area (Å²) in [4.78, 5) is 2.51. The number of fused-ring (bicyclic) bond motifs is 8. The summed E-state index contributed by atoms with van der Waals surface area (Å²) in [6, 6.07) is 69.5. The normalized spacial score (nSPS) is 13.1. The molecule has 0 saturated heterocycles. The molecule has 266 valence electrons. The highest BCUT2D eigenvalue weighted by Gasteiger charge is 2.37. The van der Waals surface area contributed by atoms with E-state index in [2.05, 4.69) is 218 Å². The lowest BCUT2D eigenvalue weighted by Crippen LogP contribution is -2.17. The minimum atomic E-state index is -0.227. The van der Waals surface area contributed by atoms with Crippen LogP contribution in [0.3, 0.4) is 0 Å². The molecule has 9 aromatic carbocycles. The van der Waals surface area contributed by atoms with Crippen LogP contribution in [0.2, 0.25) is 0 Å². The third kappa shape index (κ3) is 4.75. The number of para-hydroxylation sites is 2. The summed E-state index contributed by atoms with van der Waals surface area (Å²) in [7, 11) is 0. The van der Waals surface area contributed by atoms with E-state index in [0.717, 1.165) is 11.4 Å². The zero-order chi connectivity index (χ0) is 37.5.